The van der Waals surface area contributed by atoms with Gasteiger partial charge < -0.3 is 10.3 Å². The van der Waals surface area contributed by atoms with Crippen LogP contribution in [-0.2, 0) is 13.1 Å². The number of aromatic nitrogens is 2. The summed E-state index contributed by atoms with van der Waals surface area (Å²) in [5.74, 6) is 0.682. The molecule has 110 valence electrons. The van der Waals surface area contributed by atoms with Crippen molar-refractivity contribution >= 4 is 48.8 Å². The summed E-state index contributed by atoms with van der Waals surface area (Å²) in [6.45, 7) is 5.29. The minimum Gasteiger partial charge on any atom is -0.309 e. The molecule has 3 aromatic heterocycles. The average molecular weight is 384 g/mol. The third-order valence-electron chi connectivity index (χ3n) is 3.36. The normalized spacial score (nSPS) is 11.4. The van der Waals surface area contributed by atoms with Crippen molar-refractivity contribution in [2.45, 2.75) is 26.9 Å². The number of thiophene rings is 2. The Morgan fingerprint density at radius 3 is 2.90 bits per heavy atom. The zero-order valence-corrected chi connectivity index (χ0v) is 14.8. The number of nitrogens with zero attached hydrogens (tertiary/aromatic N) is 1. The number of hydrogen-bond donors (Lipinski definition) is 2. The van der Waals surface area contributed by atoms with Crippen LogP contribution in [0.3, 0.4) is 0 Å². The molecule has 3 heterocycles. The van der Waals surface area contributed by atoms with Crippen LogP contribution in [0, 0.1) is 13.8 Å². The van der Waals surface area contributed by atoms with Crippen molar-refractivity contribution in [3.05, 3.63) is 47.4 Å². The zero-order chi connectivity index (χ0) is 15.0. The molecular formula is C14H14BrN3OS2. The molecule has 3 aromatic rings. The van der Waals surface area contributed by atoms with Crippen LogP contribution in [0.4, 0.5) is 0 Å². The van der Waals surface area contributed by atoms with E-state index in [2.05, 4.69) is 31.2 Å². The van der Waals surface area contributed by atoms with Gasteiger partial charge in [0.2, 0.25) is 0 Å². The third-order valence-corrected chi connectivity index (χ3v) is 6.38. The van der Waals surface area contributed by atoms with Gasteiger partial charge in [0.1, 0.15) is 10.7 Å². The fourth-order valence-electron chi connectivity index (χ4n) is 2.13. The topological polar surface area (TPSA) is 57.8 Å². The van der Waals surface area contributed by atoms with Crippen LogP contribution < -0.4 is 10.9 Å². The molecular weight excluding hydrogens is 370 g/mol. The molecule has 3 rings (SSSR count). The Bertz CT molecular complexity index is 850. The Balaban J connectivity index is 1.79. The summed E-state index contributed by atoms with van der Waals surface area (Å²) >= 11 is 6.78. The van der Waals surface area contributed by atoms with Crippen LogP contribution >= 0.6 is 38.6 Å². The van der Waals surface area contributed by atoms with Gasteiger partial charge >= 0.3 is 0 Å². The molecule has 2 N–H and O–H groups in total. The second-order valence-electron chi connectivity index (χ2n) is 4.77. The number of H-pyrrole nitrogens is 1. The minimum atomic E-state index is -0.0454. The van der Waals surface area contributed by atoms with Crippen molar-refractivity contribution in [2.24, 2.45) is 0 Å². The fraction of sp³-hybridized carbons (Fsp3) is 0.286. The maximum Gasteiger partial charge on any atom is 0.259 e. The van der Waals surface area contributed by atoms with E-state index >= 15 is 0 Å². The van der Waals surface area contributed by atoms with Crippen LogP contribution in [-0.4, -0.2) is 9.97 Å². The molecule has 0 fully saturated rings. The first-order valence-corrected chi connectivity index (χ1v) is 8.96. The third kappa shape index (κ3) is 2.96. The van der Waals surface area contributed by atoms with E-state index in [1.54, 1.807) is 22.7 Å². The lowest BCUT2D eigenvalue weighted by atomic mass is 10.2. The Morgan fingerprint density at radius 2 is 2.19 bits per heavy atom. The van der Waals surface area contributed by atoms with E-state index in [4.69, 9.17) is 0 Å². The van der Waals surface area contributed by atoms with Gasteiger partial charge in [0, 0.05) is 20.8 Å². The number of nitrogens with one attached hydrogen (secondary N) is 2. The number of aromatic amines is 1. The van der Waals surface area contributed by atoms with Crippen LogP contribution in [0.5, 0.6) is 0 Å². The summed E-state index contributed by atoms with van der Waals surface area (Å²) < 4.78 is 1.11. The molecule has 0 amide bonds. The predicted octanol–water partition coefficient (Wildman–Crippen LogP) is 3.72. The predicted molar refractivity (Wildman–Crippen MR) is 92.3 cm³/mol. The van der Waals surface area contributed by atoms with E-state index in [1.165, 1.54) is 4.88 Å². The lowest BCUT2D eigenvalue weighted by molar-refractivity contribution is 0.668. The van der Waals surface area contributed by atoms with Crippen LogP contribution in [0.15, 0.2) is 20.7 Å². The lowest BCUT2D eigenvalue weighted by Crippen LogP contribution is -2.18. The quantitative estimate of drug-likeness (QED) is 0.721. The highest BCUT2D eigenvalue weighted by molar-refractivity contribution is 9.10. The summed E-state index contributed by atoms with van der Waals surface area (Å²) in [6.07, 6.45) is 0. The highest BCUT2D eigenvalue weighted by Gasteiger charge is 2.11. The Kier molecular flexibility index (Phi) is 4.26. The second-order valence-corrected chi connectivity index (χ2v) is 7.83. The molecule has 7 heteroatoms. The van der Waals surface area contributed by atoms with Gasteiger partial charge in [0.05, 0.1) is 11.9 Å². The van der Waals surface area contributed by atoms with E-state index in [9.17, 15) is 4.79 Å². The first-order valence-electron chi connectivity index (χ1n) is 6.47. The first-order chi connectivity index (χ1) is 10.1. The van der Waals surface area contributed by atoms with Crippen molar-refractivity contribution in [3.63, 3.8) is 0 Å². The summed E-state index contributed by atoms with van der Waals surface area (Å²) in [5, 5.41) is 6.08. The molecule has 4 nitrogen and oxygen atoms in total. The first kappa shape index (κ1) is 14.9. The van der Waals surface area contributed by atoms with Gasteiger partial charge in [-0.05, 0) is 46.8 Å². The molecule has 0 aliphatic heterocycles. The molecule has 21 heavy (non-hydrogen) atoms. The van der Waals surface area contributed by atoms with Gasteiger partial charge in [-0.2, -0.15) is 0 Å². The van der Waals surface area contributed by atoms with Crippen molar-refractivity contribution in [1.82, 2.24) is 15.3 Å². The van der Waals surface area contributed by atoms with Crippen molar-refractivity contribution < 1.29 is 0 Å². The molecule has 0 saturated carbocycles. The van der Waals surface area contributed by atoms with Crippen LogP contribution in [0.2, 0.25) is 0 Å². The van der Waals surface area contributed by atoms with E-state index in [0.717, 1.165) is 31.7 Å². The maximum atomic E-state index is 12.2. The van der Waals surface area contributed by atoms with Gasteiger partial charge in [-0.15, -0.1) is 22.7 Å². The van der Waals surface area contributed by atoms with E-state index in [0.29, 0.717) is 12.4 Å². The molecule has 0 radical (unpaired) electrons. The van der Waals surface area contributed by atoms with Crippen LogP contribution in [0.1, 0.15) is 21.1 Å². The number of halogens is 1. The standard InChI is InChI=1S/C14H14BrN3OS2/c1-7-8(2)21-14-12(7)13(19)17-11(18-14)6-16-5-10-9(15)3-4-20-10/h3-4,16H,5-6H2,1-2H3,(H,17,18,19). The van der Waals surface area contributed by atoms with Gasteiger partial charge in [0.15, 0.2) is 0 Å². The minimum absolute atomic E-state index is 0.0454. The van der Waals surface area contributed by atoms with Crippen LogP contribution in [0.25, 0.3) is 10.2 Å². The number of hydrogen-bond acceptors (Lipinski definition) is 5. The summed E-state index contributed by atoms with van der Waals surface area (Å²) in [4.78, 5) is 22.8. The molecule has 0 aromatic carbocycles. The zero-order valence-electron chi connectivity index (χ0n) is 11.6. The van der Waals surface area contributed by atoms with Gasteiger partial charge in [-0.25, -0.2) is 4.98 Å². The van der Waals surface area contributed by atoms with E-state index in [1.807, 2.05) is 25.3 Å². The SMILES string of the molecule is Cc1sc2nc(CNCc3sccc3Br)[nH]c(=O)c2c1C. The lowest BCUT2D eigenvalue weighted by Gasteiger charge is -2.03. The molecule has 0 aliphatic carbocycles. The van der Waals surface area contributed by atoms with E-state index in [-0.39, 0.29) is 5.56 Å². The molecule has 0 atom stereocenters. The summed E-state index contributed by atoms with van der Waals surface area (Å²) in [6, 6.07) is 2.03. The van der Waals surface area contributed by atoms with Gasteiger partial charge in [0.25, 0.3) is 5.56 Å². The maximum absolute atomic E-state index is 12.2. The van der Waals surface area contributed by atoms with Gasteiger partial charge in [-0.1, -0.05) is 0 Å². The largest absolute Gasteiger partial charge is 0.309 e. The molecule has 0 saturated heterocycles. The Labute approximate surface area is 138 Å². The number of rotatable bonds is 4. The monoisotopic (exact) mass is 383 g/mol. The molecule has 0 aliphatic rings. The number of aryl methyl sites for hydroxylation is 2. The number of fused-ring (bicyclic) bond motifs is 1. The van der Waals surface area contributed by atoms with Crippen molar-refractivity contribution in [2.75, 3.05) is 0 Å². The summed E-state index contributed by atoms with van der Waals surface area (Å²) in [7, 11) is 0. The fourth-order valence-corrected chi connectivity index (χ4v) is 4.64. The van der Waals surface area contributed by atoms with Gasteiger partial charge in [-0.3, -0.25) is 4.79 Å². The average Bonchev–Trinajstić information content (AvgIpc) is 2.95. The summed E-state index contributed by atoms with van der Waals surface area (Å²) in [5.41, 5.74) is 0.988. The van der Waals surface area contributed by atoms with Crippen molar-refractivity contribution in [1.29, 1.82) is 0 Å². The smallest absolute Gasteiger partial charge is 0.259 e. The second kappa shape index (κ2) is 6.00. The molecule has 0 bridgehead atoms. The van der Waals surface area contributed by atoms with E-state index < -0.39 is 0 Å². The highest BCUT2D eigenvalue weighted by atomic mass is 79.9. The highest BCUT2D eigenvalue weighted by Crippen LogP contribution is 2.25. The molecule has 0 unspecified atom stereocenters. The Hall–Kier alpha value is -1.02. The van der Waals surface area contributed by atoms with Crippen molar-refractivity contribution in [3.8, 4) is 0 Å². The molecule has 0 spiro atoms. The Morgan fingerprint density at radius 1 is 1.38 bits per heavy atom.